The van der Waals surface area contributed by atoms with Crippen LogP contribution in [0.15, 0.2) is 42.9 Å². The fourth-order valence-electron chi connectivity index (χ4n) is 3.96. The Balaban J connectivity index is 1.65. The molecule has 1 fully saturated rings. The van der Waals surface area contributed by atoms with E-state index in [1.165, 1.54) is 5.56 Å². The van der Waals surface area contributed by atoms with Gasteiger partial charge < -0.3 is 5.73 Å². The Bertz CT molecular complexity index is 948. The van der Waals surface area contributed by atoms with Crippen molar-refractivity contribution in [1.82, 2.24) is 15.0 Å². The molecule has 4 rings (SSSR count). The zero-order valence-electron chi connectivity index (χ0n) is 15.7. The molecule has 0 amide bonds. The zero-order valence-corrected chi connectivity index (χ0v) is 15.7. The second kappa shape index (κ2) is 6.44. The molecule has 1 aliphatic carbocycles. The largest absolute Gasteiger partial charge is 0.325 e. The summed E-state index contributed by atoms with van der Waals surface area (Å²) in [4.78, 5) is 13.8. The van der Waals surface area contributed by atoms with Gasteiger partial charge in [0, 0.05) is 41.0 Å². The van der Waals surface area contributed by atoms with Crippen LogP contribution in [0.2, 0.25) is 0 Å². The molecular formula is C22H26N4. The summed E-state index contributed by atoms with van der Waals surface area (Å²) < 4.78 is 0. The lowest BCUT2D eigenvalue weighted by molar-refractivity contribution is 0.202. The number of fused-ring (bicyclic) bond motifs is 1. The molecule has 3 unspecified atom stereocenters. The molecule has 0 aliphatic heterocycles. The lowest BCUT2D eigenvalue weighted by Crippen LogP contribution is -2.46. The molecule has 4 heteroatoms. The Labute approximate surface area is 154 Å². The molecular weight excluding hydrogens is 320 g/mol. The fraction of sp³-hybridized carbons (Fsp3) is 0.409. The maximum absolute atomic E-state index is 6.39. The van der Waals surface area contributed by atoms with Crippen LogP contribution in [0.1, 0.15) is 50.4 Å². The highest BCUT2D eigenvalue weighted by atomic mass is 14.9. The third-order valence-electron chi connectivity index (χ3n) is 6.11. The van der Waals surface area contributed by atoms with Gasteiger partial charge in [0.15, 0.2) is 0 Å². The average Bonchev–Trinajstić information content (AvgIpc) is 2.63. The average molecular weight is 346 g/mol. The summed E-state index contributed by atoms with van der Waals surface area (Å²) in [6.07, 6.45) is 8.86. The normalized spacial score (nSPS) is 26.2. The molecule has 0 bridgehead atoms. The van der Waals surface area contributed by atoms with Gasteiger partial charge in [-0.2, -0.15) is 0 Å². The standard InChI is InChI=1S/C22H26N4/c1-14-7-9-24-13-19(14)16-4-5-20-18(11-16)12-25-21(26-20)17-6-8-22(3,23)15(2)10-17/h4-5,7,9,11-13,15,17H,6,8,10,23H2,1-3H3. The third kappa shape index (κ3) is 3.10. The molecule has 2 N–H and O–H groups in total. The van der Waals surface area contributed by atoms with Crippen molar-refractivity contribution in [3.63, 3.8) is 0 Å². The van der Waals surface area contributed by atoms with E-state index in [9.17, 15) is 0 Å². The second-order valence-electron chi connectivity index (χ2n) is 8.07. The topological polar surface area (TPSA) is 64.7 Å². The van der Waals surface area contributed by atoms with Crippen LogP contribution < -0.4 is 5.73 Å². The quantitative estimate of drug-likeness (QED) is 0.735. The number of aryl methyl sites for hydroxylation is 1. The molecule has 1 aromatic carbocycles. The van der Waals surface area contributed by atoms with Gasteiger partial charge in [-0.1, -0.05) is 13.0 Å². The number of benzene rings is 1. The van der Waals surface area contributed by atoms with Crippen LogP contribution in [0.4, 0.5) is 0 Å². The minimum absolute atomic E-state index is 0.0656. The van der Waals surface area contributed by atoms with Crippen LogP contribution in [0.5, 0.6) is 0 Å². The van der Waals surface area contributed by atoms with E-state index in [-0.39, 0.29) is 5.54 Å². The van der Waals surface area contributed by atoms with E-state index >= 15 is 0 Å². The van der Waals surface area contributed by atoms with Crippen LogP contribution in [-0.4, -0.2) is 20.5 Å². The summed E-state index contributed by atoms with van der Waals surface area (Å²) in [6.45, 7) is 6.52. The molecule has 2 aromatic heterocycles. The van der Waals surface area contributed by atoms with Gasteiger partial charge in [0.25, 0.3) is 0 Å². The maximum atomic E-state index is 6.39. The van der Waals surface area contributed by atoms with Crippen LogP contribution >= 0.6 is 0 Å². The molecule has 134 valence electrons. The van der Waals surface area contributed by atoms with Gasteiger partial charge in [-0.15, -0.1) is 0 Å². The molecule has 1 saturated carbocycles. The Morgan fingerprint density at radius 2 is 2.04 bits per heavy atom. The number of nitrogens with two attached hydrogens (primary N) is 1. The van der Waals surface area contributed by atoms with Crippen LogP contribution in [0.3, 0.4) is 0 Å². The predicted molar refractivity (Wildman–Crippen MR) is 106 cm³/mol. The predicted octanol–water partition coefficient (Wildman–Crippen LogP) is 4.62. The summed E-state index contributed by atoms with van der Waals surface area (Å²) in [5.41, 5.74) is 10.9. The van der Waals surface area contributed by atoms with Crippen molar-refractivity contribution in [2.24, 2.45) is 11.7 Å². The molecule has 0 radical (unpaired) electrons. The van der Waals surface area contributed by atoms with Gasteiger partial charge in [-0.3, -0.25) is 4.98 Å². The first-order valence-corrected chi connectivity index (χ1v) is 9.40. The second-order valence-corrected chi connectivity index (χ2v) is 8.07. The number of aromatic nitrogens is 3. The van der Waals surface area contributed by atoms with E-state index in [0.717, 1.165) is 47.1 Å². The van der Waals surface area contributed by atoms with E-state index in [1.54, 1.807) is 0 Å². The van der Waals surface area contributed by atoms with Crippen molar-refractivity contribution < 1.29 is 0 Å². The number of pyridine rings is 1. The molecule has 0 saturated heterocycles. The first-order valence-electron chi connectivity index (χ1n) is 9.40. The van der Waals surface area contributed by atoms with Crippen molar-refractivity contribution in [1.29, 1.82) is 0 Å². The first kappa shape index (κ1) is 17.1. The van der Waals surface area contributed by atoms with E-state index in [1.807, 2.05) is 24.7 Å². The van der Waals surface area contributed by atoms with E-state index in [0.29, 0.717) is 11.8 Å². The smallest absolute Gasteiger partial charge is 0.132 e. The Kier molecular flexibility index (Phi) is 4.23. The number of nitrogens with zero attached hydrogens (tertiary/aromatic N) is 3. The highest BCUT2D eigenvalue weighted by molar-refractivity contribution is 5.84. The Morgan fingerprint density at radius 1 is 1.19 bits per heavy atom. The van der Waals surface area contributed by atoms with Gasteiger partial charge >= 0.3 is 0 Å². The van der Waals surface area contributed by atoms with Crippen molar-refractivity contribution in [2.75, 3.05) is 0 Å². The van der Waals surface area contributed by atoms with Crippen molar-refractivity contribution in [3.8, 4) is 11.1 Å². The monoisotopic (exact) mass is 346 g/mol. The molecule has 2 heterocycles. The van der Waals surface area contributed by atoms with E-state index in [2.05, 4.69) is 44.0 Å². The van der Waals surface area contributed by atoms with Crippen molar-refractivity contribution in [3.05, 3.63) is 54.2 Å². The molecule has 4 nitrogen and oxygen atoms in total. The minimum atomic E-state index is -0.0656. The molecule has 26 heavy (non-hydrogen) atoms. The van der Waals surface area contributed by atoms with Gasteiger partial charge in [-0.05, 0) is 68.4 Å². The summed E-state index contributed by atoms with van der Waals surface area (Å²) in [5.74, 6) is 1.85. The summed E-state index contributed by atoms with van der Waals surface area (Å²) in [5, 5.41) is 1.07. The maximum Gasteiger partial charge on any atom is 0.132 e. The third-order valence-corrected chi connectivity index (χ3v) is 6.11. The Hall–Kier alpha value is -2.33. The van der Waals surface area contributed by atoms with Crippen LogP contribution in [-0.2, 0) is 0 Å². The van der Waals surface area contributed by atoms with Gasteiger partial charge in [0.2, 0.25) is 0 Å². The van der Waals surface area contributed by atoms with Crippen LogP contribution in [0, 0.1) is 12.8 Å². The SMILES string of the molecule is Cc1ccncc1-c1ccc2nc(C3CCC(C)(N)C(C)C3)ncc2c1. The highest BCUT2D eigenvalue weighted by Gasteiger charge is 2.35. The summed E-state index contributed by atoms with van der Waals surface area (Å²) in [7, 11) is 0. The lowest BCUT2D eigenvalue weighted by Gasteiger charge is -2.39. The number of hydrogen-bond donors (Lipinski definition) is 1. The number of hydrogen-bond acceptors (Lipinski definition) is 4. The van der Waals surface area contributed by atoms with E-state index in [4.69, 9.17) is 15.7 Å². The number of rotatable bonds is 2. The molecule has 3 atom stereocenters. The summed E-state index contributed by atoms with van der Waals surface area (Å²) in [6, 6.07) is 8.42. The zero-order chi connectivity index (χ0) is 18.3. The van der Waals surface area contributed by atoms with Crippen molar-refractivity contribution >= 4 is 10.9 Å². The summed E-state index contributed by atoms with van der Waals surface area (Å²) >= 11 is 0. The van der Waals surface area contributed by atoms with Gasteiger partial charge in [-0.25, -0.2) is 9.97 Å². The highest BCUT2D eigenvalue weighted by Crippen LogP contribution is 2.39. The molecule has 1 aliphatic rings. The van der Waals surface area contributed by atoms with Gasteiger partial charge in [0.1, 0.15) is 5.82 Å². The fourth-order valence-corrected chi connectivity index (χ4v) is 3.96. The Morgan fingerprint density at radius 3 is 2.81 bits per heavy atom. The van der Waals surface area contributed by atoms with E-state index < -0.39 is 0 Å². The van der Waals surface area contributed by atoms with Gasteiger partial charge in [0.05, 0.1) is 5.52 Å². The molecule has 0 spiro atoms. The lowest BCUT2D eigenvalue weighted by atomic mass is 9.71. The first-order chi connectivity index (χ1) is 12.4. The van der Waals surface area contributed by atoms with Crippen LogP contribution in [0.25, 0.3) is 22.0 Å². The molecule has 3 aromatic rings. The van der Waals surface area contributed by atoms with Crippen molar-refractivity contribution in [2.45, 2.75) is 51.5 Å². The minimum Gasteiger partial charge on any atom is -0.325 e.